The predicted octanol–water partition coefficient (Wildman–Crippen LogP) is 9.69. The summed E-state index contributed by atoms with van der Waals surface area (Å²) in [5, 5.41) is 0. The number of hydrogen-bond acceptors (Lipinski definition) is 2. The van der Waals surface area contributed by atoms with Crippen molar-refractivity contribution in [2.24, 2.45) is 5.73 Å². The molecule has 30 heavy (non-hydrogen) atoms. The molecule has 0 fully saturated rings. The van der Waals surface area contributed by atoms with Crippen LogP contribution in [-0.2, 0) is 4.74 Å². The van der Waals surface area contributed by atoms with E-state index in [0.29, 0.717) is 0 Å². The van der Waals surface area contributed by atoms with Crippen LogP contribution >= 0.6 is 0 Å². The fourth-order valence-electron chi connectivity index (χ4n) is 4.27. The molecule has 0 aromatic heterocycles. The van der Waals surface area contributed by atoms with Crippen molar-refractivity contribution in [1.29, 1.82) is 0 Å². The molecule has 0 aromatic carbocycles. The summed E-state index contributed by atoms with van der Waals surface area (Å²) in [6.45, 7) is 5.44. The van der Waals surface area contributed by atoms with Gasteiger partial charge >= 0.3 is 0 Å². The van der Waals surface area contributed by atoms with Crippen molar-refractivity contribution in [3.63, 3.8) is 0 Å². The molecule has 0 aliphatic rings. The Morgan fingerprint density at radius 3 is 1.10 bits per heavy atom. The highest BCUT2D eigenvalue weighted by Crippen LogP contribution is 2.14. The van der Waals surface area contributed by atoms with Crippen LogP contribution in [0.2, 0.25) is 0 Å². The summed E-state index contributed by atoms with van der Waals surface area (Å²) in [6, 6.07) is 0. The molecule has 0 heterocycles. The average Bonchev–Trinajstić information content (AvgIpc) is 2.75. The maximum atomic E-state index is 6.11. The highest BCUT2D eigenvalue weighted by Gasteiger charge is 2.02. The molecule has 0 rings (SSSR count). The highest BCUT2D eigenvalue weighted by atomic mass is 16.5. The largest absolute Gasteiger partial charge is 0.364 e. The minimum Gasteiger partial charge on any atom is -0.364 e. The standard InChI is InChI=1S/C28H59NO/c1-3-5-7-9-11-13-15-17-19-21-23-25-27-30-28(29)26-24-22-20-18-16-14-12-10-8-6-4-2/h28H,3-27,29H2,1-2H3. The highest BCUT2D eigenvalue weighted by molar-refractivity contribution is 4.53. The third-order valence-electron chi connectivity index (χ3n) is 6.42. The molecule has 1 unspecified atom stereocenters. The molecule has 0 spiro atoms. The van der Waals surface area contributed by atoms with E-state index >= 15 is 0 Å². The molecule has 0 radical (unpaired) electrons. The molecule has 0 amide bonds. The topological polar surface area (TPSA) is 35.2 Å². The van der Waals surface area contributed by atoms with Gasteiger partial charge in [-0.3, -0.25) is 0 Å². The van der Waals surface area contributed by atoms with Crippen molar-refractivity contribution in [1.82, 2.24) is 0 Å². The smallest absolute Gasteiger partial charge is 0.105 e. The second kappa shape index (κ2) is 27.0. The number of hydrogen-bond donors (Lipinski definition) is 1. The molecule has 182 valence electrons. The van der Waals surface area contributed by atoms with Crippen molar-refractivity contribution < 1.29 is 4.74 Å². The number of rotatable bonds is 26. The molecule has 0 aliphatic carbocycles. The van der Waals surface area contributed by atoms with Gasteiger partial charge in [0.15, 0.2) is 0 Å². The van der Waals surface area contributed by atoms with Gasteiger partial charge in [-0.2, -0.15) is 0 Å². The minimum atomic E-state index is -0.0312. The van der Waals surface area contributed by atoms with Crippen LogP contribution in [0, 0.1) is 0 Å². The molecule has 1 atom stereocenters. The fraction of sp³-hybridized carbons (Fsp3) is 1.00. The Morgan fingerprint density at radius 1 is 0.433 bits per heavy atom. The van der Waals surface area contributed by atoms with Crippen LogP contribution in [0.4, 0.5) is 0 Å². The molecular weight excluding hydrogens is 366 g/mol. The van der Waals surface area contributed by atoms with E-state index in [9.17, 15) is 0 Å². The molecule has 0 aromatic rings. The van der Waals surface area contributed by atoms with Crippen molar-refractivity contribution in [2.75, 3.05) is 6.61 Å². The van der Waals surface area contributed by atoms with Crippen LogP contribution in [0.5, 0.6) is 0 Å². The van der Waals surface area contributed by atoms with Gasteiger partial charge in [0.2, 0.25) is 0 Å². The van der Waals surface area contributed by atoms with E-state index < -0.39 is 0 Å². The average molecular weight is 426 g/mol. The van der Waals surface area contributed by atoms with Gasteiger partial charge in [0.1, 0.15) is 6.23 Å². The van der Waals surface area contributed by atoms with Crippen LogP contribution in [0.3, 0.4) is 0 Å². The van der Waals surface area contributed by atoms with E-state index in [0.717, 1.165) is 13.0 Å². The Kier molecular flexibility index (Phi) is 26.9. The molecule has 0 bridgehead atoms. The van der Waals surface area contributed by atoms with E-state index in [1.54, 1.807) is 0 Å². The molecule has 2 heteroatoms. The molecule has 0 saturated heterocycles. The number of ether oxygens (including phenoxy) is 1. The lowest BCUT2D eigenvalue weighted by atomic mass is 10.1. The molecule has 2 N–H and O–H groups in total. The molecular formula is C28H59NO. The minimum absolute atomic E-state index is 0.0312. The summed E-state index contributed by atoms with van der Waals surface area (Å²) in [6.07, 6.45) is 33.0. The van der Waals surface area contributed by atoms with Crippen LogP contribution in [-0.4, -0.2) is 12.8 Å². The van der Waals surface area contributed by atoms with Gasteiger partial charge in [0.25, 0.3) is 0 Å². The fourth-order valence-corrected chi connectivity index (χ4v) is 4.27. The third kappa shape index (κ3) is 26.0. The first-order valence-corrected chi connectivity index (χ1v) is 14.2. The first kappa shape index (κ1) is 29.9. The Hall–Kier alpha value is -0.0800. The monoisotopic (exact) mass is 425 g/mol. The summed E-state index contributed by atoms with van der Waals surface area (Å²) in [5.74, 6) is 0. The van der Waals surface area contributed by atoms with Gasteiger partial charge in [-0.1, -0.05) is 149 Å². The zero-order chi connectivity index (χ0) is 22.0. The van der Waals surface area contributed by atoms with Crippen molar-refractivity contribution in [2.45, 2.75) is 174 Å². The summed E-state index contributed by atoms with van der Waals surface area (Å²) >= 11 is 0. The van der Waals surface area contributed by atoms with E-state index in [1.807, 2.05) is 0 Å². The maximum Gasteiger partial charge on any atom is 0.105 e. The second-order valence-electron chi connectivity index (χ2n) is 9.62. The lowest BCUT2D eigenvalue weighted by Gasteiger charge is -2.13. The van der Waals surface area contributed by atoms with E-state index in [2.05, 4.69) is 13.8 Å². The van der Waals surface area contributed by atoms with Gasteiger partial charge in [-0.05, 0) is 19.3 Å². The normalized spacial score (nSPS) is 12.5. The molecule has 2 nitrogen and oxygen atoms in total. The van der Waals surface area contributed by atoms with Crippen LogP contribution in [0.1, 0.15) is 168 Å². The van der Waals surface area contributed by atoms with Crippen molar-refractivity contribution >= 4 is 0 Å². The van der Waals surface area contributed by atoms with Crippen LogP contribution < -0.4 is 5.73 Å². The summed E-state index contributed by atoms with van der Waals surface area (Å²) < 4.78 is 5.80. The maximum absolute atomic E-state index is 6.11. The number of unbranched alkanes of at least 4 members (excludes halogenated alkanes) is 21. The van der Waals surface area contributed by atoms with Crippen molar-refractivity contribution in [3.8, 4) is 0 Å². The van der Waals surface area contributed by atoms with Crippen LogP contribution in [0.25, 0.3) is 0 Å². The van der Waals surface area contributed by atoms with Gasteiger partial charge in [-0.15, -0.1) is 0 Å². The van der Waals surface area contributed by atoms with Crippen LogP contribution in [0.15, 0.2) is 0 Å². The Labute approximate surface area is 191 Å². The summed E-state index contributed by atoms with van der Waals surface area (Å²) in [5.41, 5.74) is 6.11. The zero-order valence-corrected chi connectivity index (χ0v) is 21.2. The van der Waals surface area contributed by atoms with E-state index in [-0.39, 0.29) is 6.23 Å². The SMILES string of the molecule is CCCCCCCCCCCCCCOC(N)CCCCCCCCCCCCC. The lowest BCUT2D eigenvalue weighted by molar-refractivity contribution is 0.0475. The van der Waals surface area contributed by atoms with Gasteiger partial charge in [0.05, 0.1) is 0 Å². The third-order valence-corrected chi connectivity index (χ3v) is 6.42. The first-order valence-electron chi connectivity index (χ1n) is 14.2. The summed E-state index contributed by atoms with van der Waals surface area (Å²) in [7, 11) is 0. The molecule has 0 saturated carbocycles. The Morgan fingerprint density at radius 2 is 0.733 bits per heavy atom. The van der Waals surface area contributed by atoms with E-state index in [4.69, 9.17) is 10.5 Å². The second-order valence-corrected chi connectivity index (χ2v) is 9.62. The van der Waals surface area contributed by atoms with E-state index in [1.165, 1.54) is 148 Å². The van der Waals surface area contributed by atoms with Gasteiger partial charge in [0, 0.05) is 6.61 Å². The van der Waals surface area contributed by atoms with Crippen molar-refractivity contribution in [3.05, 3.63) is 0 Å². The molecule has 0 aliphatic heterocycles. The lowest BCUT2D eigenvalue weighted by Crippen LogP contribution is -2.24. The van der Waals surface area contributed by atoms with Gasteiger partial charge in [-0.25, -0.2) is 0 Å². The number of nitrogens with two attached hydrogens (primary N) is 1. The predicted molar refractivity (Wildman–Crippen MR) is 136 cm³/mol. The Bertz CT molecular complexity index is 294. The first-order chi connectivity index (χ1) is 14.8. The van der Waals surface area contributed by atoms with Gasteiger partial charge < -0.3 is 10.5 Å². The quantitative estimate of drug-likeness (QED) is 0.110. The zero-order valence-electron chi connectivity index (χ0n) is 21.2. The summed E-state index contributed by atoms with van der Waals surface area (Å²) in [4.78, 5) is 0. The Balaban J connectivity index is 3.12.